The molecule has 0 aromatic heterocycles. The van der Waals surface area contributed by atoms with Crippen molar-refractivity contribution in [2.45, 2.75) is 0 Å². The van der Waals surface area contributed by atoms with E-state index >= 15 is 0 Å². The van der Waals surface area contributed by atoms with E-state index < -0.39 is 0 Å². The average molecular weight is 426 g/mol. The monoisotopic (exact) mass is 426 g/mol. The Balaban J connectivity index is 1.40. The maximum atomic E-state index is 12.4. The van der Waals surface area contributed by atoms with Crippen molar-refractivity contribution < 1.29 is 9.72 Å². The van der Waals surface area contributed by atoms with Gasteiger partial charge in [0.25, 0.3) is 11.6 Å². The van der Waals surface area contributed by atoms with Crippen LogP contribution in [0.1, 0.15) is 11.1 Å². The number of amides is 1. The molecule has 0 saturated carbocycles. The number of nitrogens with zero attached hydrogens (tertiary/aromatic N) is 3. The lowest BCUT2D eigenvalue weighted by atomic mass is 10.0. The van der Waals surface area contributed by atoms with E-state index in [1.165, 1.54) is 5.69 Å². The minimum Gasteiger partial charge on any atom is -0.368 e. The van der Waals surface area contributed by atoms with E-state index in [9.17, 15) is 14.9 Å². The zero-order chi connectivity index (χ0) is 22.1. The van der Waals surface area contributed by atoms with Crippen LogP contribution in [-0.2, 0) is 4.79 Å². The molecule has 0 radical (unpaired) electrons. The molecule has 0 atom stereocenters. The third-order valence-corrected chi connectivity index (χ3v) is 5.96. The van der Waals surface area contributed by atoms with Crippen LogP contribution in [0.25, 0.3) is 11.6 Å². The van der Waals surface area contributed by atoms with E-state index in [0.717, 1.165) is 24.3 Å². The zero-order valence-corrected chi connectivity index (χ0v) is 17.4. The number of nitrogens with one attached hydrogen (secondary N) is 1. The molecule has 7 nitrogen and oxygen atoms in total. The Kier molecular flexibility index (Phi) is 5.07. The van der Waals surface area contributed by atoms with Crippen molar-refractivity contribution in [3.8, 4) is 0 Å². The summed E-state index contributed by atoms with van der Waals surface area (Å²) >= 11 is 0. The first-order valence-electron chi connectivity index (χ1n) is 10.6. The first kappa shape index (κ1) is 19.8. The van der Waals surface area contributed by atoms with Crippen LogP contribution in [0.3, 0.4) is 0 Å². The van der Waals surface area contributed by atoms with Gasteiger partial charge in [0, 0.05) is 54.8 Å². The van der Waals surface area contributed by atoms with Gasteiger partial charge in [-0.25, -0.2) is 0 Å². The van der Waals surface area contributed by atoms with Gasteiger partial charge in [-0.1, -0.05) is 42.5 Å². The second kappa shape index (κ2) is 8.19. The fourth-order valence-corrected chi connectivity index (χ4v) is 4.34. The van der Waals surface area contributed by atoms with Gasteiger partial charge in [-0.2, -0.15) is 0 Å². The van der Waals surface area contributed by atoms with Gasteiger partial charge < -0.3 is 15.1 Å². The standard InChI is InChI=1S/C25H22N4O3/c30-25-21(20-8-4-5-9-22(20)26-25)16-18-10-11-23(24(17-18)29(31)32)28-14-12-27(13-15-28)19-6-2-1-3-7-19/h1-11,16-17H,12-15H2,(H,26,30). The summed E-state index contributed by atoms with van der Waals surface area (Å²) in [7, 11) is 0. The minimum atomic E-state index is -0.344. The van der Waals surface area contributed by atoms with E-state index in [1.807, 2.05) is 48.5 Å². The Morgan fingerprint density at radius 3 is 2.31 bits per heavy atom. The van der Waals surface area contributed by atoms with Gasteiger partial charge in [-0.15, -0.1) is 0 Å². The smallest absolute Gasteiger partial charge is 0.293 e. The van der Waals surface area contributed by atoms with Gasteiger partial charge in [0.15, 0.2) is 0 Å². The number of nitro groups is 1. The van der Waals surface area contributed by atoms with E-state index in [2.05, 4.69) is 27.2 Å². The predicted molar refractivity (Wildman–Crippen MR) is 127 cm³/mol. The molecule has 3 aromatic rings. The van der Waals surface area contributed by atoms with Gasteiger partial charge in [0.2, 0.25) is 0 Å². The lowest BCUT2D eigenvalue weighted by Gasteiger charge is -2.37. The van der Waals surface area contributed by atoms with Crippen LogP contribution >= 0.6 is 0 Å². The van der Waals surface area contributed by atoms with Crippen molar-refractivity contribution in [3.63, 3.8) is 0 Å². The molecule has 1 amide bonds. The number of rotatable bonds is 4. The van der Waals surface area contributed by atoms with Crippen LogP contribution in [0.5, 0.6) is 0 Å². The summed E-state index contributed by atoms with van der Waals surface area (Å²) in [4.78, 5) is 28.3. The quantitative estimate of drug-likeness (QED) is 0.380. The Labute approximate surface area is 185 Å². The summed E-state index contributed by atoms with van der Waals surface area (Å²) in [5.41, 5.74) is 4.54. The molecule has 1 fully saturated rings. The largest absolute Gasteiger partial charge is 0.368 e. The summed E-state index contributed by atoms with van der Waals surface area (Å²) in [5, 5.41) is 14.7. The molecule has 3 aromatic carbocycles. The topological polar surface area (TPSA) is 78.7 Å². The molecular formula is C25H22N4O3. The summed E-state index contributed by atoms with van der Waals surface area (Å²) in [5.74, 6) is -0.199. The lowest BCUT2D eigenvalue weighted by molar-refractivity contribution is -0.384. The molecule has 160 valence electrons. The number of carbonyl (C=O) groups excluding carboxylic acids is 1. The number of hydrogen-bond donors (Lipinski definition) is 1. The highest BCUT2D eigenvalue weighted by atomic mass is 16.6. The number of carbonyl (C=O) groups is 1. The van der Waals surface area contributed by atoms with Crippen molar-refractivity contribution in [1.29, 1.82) is 0 Å². The molecule has 7 heteroatoms. The maximum absolute atomic E-state index is 12.4. The molecule has 5 rings (SSSR count). The fraction of sp³-hybridized carbons (Fsp3) is 0.160. The predicted octanol–water partition coefficient (Wildman–Crippen LogP) is 4.41. The Morgan fingerprint density at radius 2 is 1.56 bits per heavy atom. The van der Waals surface area contributed by atoms with Crippen molar-refractivity contribution >= 4 is 40.3 Å². The SMILES string of the molecule is O=C1Nc2ccccc2C1=Cc1ccc(N2CCN(c3ccccc3)CC2)c([N+](=O)[O-])c1. The van der Waals surface area contributed by atoms with Crippen LogP contribution in [0.4, 0.5) is 22.7 Å². The molecule has 0 aliphatic carbocycles. The third-order valence-electron chi connectivity index (χ3n) is 5.96. The van der Waals surface area contributed by atoms with Gasteiger partial charge in [0.05, 0.1) is 4.92 Å². The molecule has 2 aliphatic rings. The van der Waals surface area contributed by atoms with Gasteiger partial charge >= 0.3 is 0 Å². The van der Waals surface area contributed by atoms with Crippen molar-refractivity contribution in [1.82, 2.24) is 0 Å². The van der Waals surface area contributed by atoms with E-state index in [0.29, 0.717) is 29.9 Å². The Bertz CT molecular complexity index is 1210. The minimum absolute atomic E-state index is 0.0548. The number of nitro benzene ring substituents is 1. The van der Waals surface area contributed by atoms with Crippen LogP contribution in [-0.4, -0.2) is 37.0 Å². The second-order valence-electron chi connectivity index (χ2n) is 7.87. The number of fused-ring (bicyclic) bond motifs is 1. The number of hydrogen-bond acceptors (Lipinski definition) is 5. The number of anilines is 3. The molecule has 0 bridgehead atoms. The van der Waals surface area contributed by atoms with E-state index in [1.54, 1.807) is 18.2 Å². The van der Waals surface area contributed by atoms with Crippen LogP contribution in [0.2, 0.25) is 0 Å². The summed E-state index contributed by atoms with van der Waals surface area (Å²) in [6.45, 7) is 2.99. The summed E-state index contributed by atoms with van der Waals surface area (Å²) in [6.07, 6.45) is 1.71. The molecule has 32 heavy (non-hydrogen) atoms. The molecule has 0 unspecified atom stereocenters. The zero-order valence-electron chi connectivity index (χ0n) is 17.4. The number of para-hydroxylation sites is 2. The third kappa shape index (κ3) is 3.69. The second-order valence-corrected chi connectivity index (χ2v) is 7.87. The normalized spacial score (nSPS) is 16.8. The summed E-state index contributed by atoms with van der Waals surface area (Å²) in [6, 6.07) is 22.8. The van der Waals surface area contributed by atoms with E-state index in [4.69, 9.17) is 0 Å². The Hall–Kier alpha value is -4.13. The maximum Gasteiger partial charge on any atom is 0.293 e. The van der Waals surface area contributed by atoms with Crippen molar-refractivity contribution in [3.05, 3.63) is 94.0 Å². The summed E-state index contributed by atoms with van der Waals surface area (Å²) < 4.78 is 0. The number of benzene rings is 3. The van der Waals surface area contributed by atoms with Crippen LogP contribution < -0.4 is 15.1 Å². The Morgan fingerprint density at radius 1 is 0.875 bits per heavy atom. The fourth-order valence-electron chi connectivity index (χ4n) is 4.34. The highest BCUT2D eigenvalue weighted by molar-refractivity contribution is 6.34. The highest BCUT2D eigenvalue weighted by Gasteiger charge is 2.26. The highest BCUT2D eigenvalue weighted by Crippen LogP contribution is 2.35. The first-order chi connectivity index (χ1) is 15.6. The molecule has 2 heterocycles. The van der Waals surface area contributed by atoms with Gasteiger partial charge in [0.1, 0.15) is 5.69 Å². The first-order valence-corrected chi connectivity index (χ1v) is 10.6. The van der Waals surface area contributed by atoms with E-state index in [-0.39, 0.29) is 16.5 Å². The number of piperazine rings is 1. The molecular weight excluding hydrogens is 404 g/mol. The molecule has 1 N–H and O–H groups in total. The van der Waals surface area contributed by atoms with Crippen molar-refractivity contribution in [2.75, 3.05) is 41.3 Å². The van der Waals surface area contributed by atoms with Gasteiger partial charge in [-0.3, -0.25) is 14.9 Å². The average Bonchev–Trinajstić information content (AvgIpc) is 3.14. The lowest BCUT2D eigenvalue weighted by Crippen LogP contribution is -2.46. The molecule has 0 spiro atoms. The van der Waals surface area contributed by atoms with Crippen LogP contribution in [0.15, 0.2) is 72.8 Å². The molecule has 2 aliphatic heterocycles. The van der Waals surface area contributed by atoms with Crippen LogP contribution in [0, 0.1) is 10.1 Å². The van der Waals surface area contributed by atoms with Crippen molar-refractivity contribution in [2.24, 2.45) is 0 Å². The molecule has 1 saturated heterocycles. The van der Waals surface area contributed by atoms with Gasteiger partial charge in [-0.05, 0) is 35.9 Å².